The fourth-order valence-corrected chi connectivity index (χ4v) is 7.74. The van der Waals surface area contributed by atoms with Crippen LogP contribution in [0, 0.1) is 0 Å². The Labute approximate surface area is 191 Å². The molecule has 0 radical (unpaired) electrons. The van der Waals surface area contributed by atoms with Crippen LogP contribution in [0.1, 0.15) is 58.9 Å². The lowest BCUT2D eigenvalue weighted by Crippen LogP contribution is -2.44. The summed E-state index contributed by atoms with van der Waals surface area (Å²) in [4.78, 5) is 2.36. The third-order valence-electron chi connectivity index (χ3n) is 6.93. The van der Waals surface area contributed by atoms with E-state index in [0.717, 1.165) is 30.9 Å². The highest BCUT2D eigenvalue weighted by Crippen LogP contribution is 2.63. The van der Waals surface area contributed by atoms with Gasteiger partial charge in [-0.1, -0.05) is 6.07 Å². The number of rotatable bonds is 5. The summed E-state index contributed by atoms with van der Waals surface area (Å²) in [6.45, 7) is 8.68. The molecule has 3 aliphatic rings. The first-order valence-electron chi connectivity index (χ1n) is 11.2. The van der Waals surface area contributed by atoms with Gasteiger partial charge in [-0.3, -0.25) is 9.05 Å². The van der Waals surface area contributed by atoms with Gasteiger partial charge in [0.25, 0.3) is 0 Å². The van der Waals surface area contributed by atoms with E-state index in [1.54, 1.807) is 14.2 Å². The van der Waals surface area contributed by atoms with E-state index in [9.17, 15) is 4.57 Å². The van der Waals surface area contributed by atoms with Crippen molar-refractivity contribution in [1.82, 2.24) is 4.90 Å². The highest BCUT2D eigenvalue weighted by Gasteiger charge is 2.53. The Morgan fingerprint density at radius 2 is 1.72 bits per heavy atom. The largest absolute Gasteiger partial charge is 0.530 e. The van der Waals surface area contributed by atoms with E-state index in [1.807, 2.05) is 33.8 Å². The molecular formula is C24H36NO6P. The van der Waals surface area contributed by atoms with Gasteiger partial charge in [0.1, 0.15) is 5.76 Å². The Balaban J connectivity index is 1.62. The fourth-order valence-electron chi connectivity index (χ4n) is 5.85. The Hall–Kier alpha value is -1.53. The van der Waals surface area contributed by atoms with Crippen LogP contribution < -0.4 is 9.47 Å². The van der Waals surface area contributed by atoms with Crippen molar-refractivity contribution in [3.05, 3.63) is 35.6 Å². The van der Waals surface area contributed by atoms with E-state index < -0.39 is 19.0 Å². The summed E-state index contributed by atoms with van der Waals surface area (Å²) in [6, 6.07) is 6.40. The van der Waals surface area contributed by atoms with Gasteiger partial charge in [0, 0.05) is 24.3 Å². The van der Waals surface area contributed by atoms with Crippen molar-refractivity contribution in [1.29, 1.82) is 0 Å². The Morgan fingerprint density at radius 3 is 2.34 bits per heavy atom. The lowest BCUT2D eigenvalue weighted by molar-refractivity contribution is -0.0852. The van der Waals surface area contributed by atoms with Crippen LogP contribution in [-0.2, 0) is 23.6 Å². The summed E-state index contributed by atoms with van der Waals surface area (Å²) in [7, 11) is 1.72. The average Bonchev–Trinajstić information content (AvgIpc) is 3.01. The zero-order chi connectivity index (χ0) is 23.4. The van der Waals surface area contributed by atoms with Crippen molar-refractivity contribution < 1.29 is 27.6 Å². The fraction of sp³-hybridized carbons (Fsp3) is 0.667. The van der Waals surface area contributed by atoms with Crippen molar-refractivity contribution in [3.8, 4) is 11.5 Å². The number of allylic oxidation sites excluding steroid dienone is 1. The van der Waals surface area contributed by atoms with Crippen LogP contribution >= 0.6 is 7.82 Å². The predicted molar refractivity (Wildman–Crippen MR) is 123 cm³/mol. The van der Waals surface area contributed by atoms with Gasteiger partial charge >= 0.3 is 7.82 Å². The number of likely N-dealkylation sites (N-methyl/N-ethyl adjacent to an activating group) is 1. The van der Waals surface area contributed by atoms with Crippen LogP contribution in [0.3, 0.4) is 0 Å². The van der Waals surface area contributed by atoms with Crippen LogP contribution in [0.4, 0.5) is 0 Å². The summed E-state index contributed by atoms with van der Waals surface area (Å²) in [6.07, 6.45) is 5.15. The van der Waals surface area contributed by atoms with Crippen LogP contribution in [0.25, 0.3) is 0 Å². The maximum absolute atomic E-state index is 13.5. The molecule has 0 saturated carbocycles. The minimum Gasteiger partial charge on any atom is -0.493 e. The zero-order valence-electron chi connectivity index (χ0n) is 20.3. The van der Waals surface area contributed by atoms with Gasteiger partial charge in [0.05, 0.1) is 25.4 Å². The number of hydrogen-bond donors (Lipinski definition) is 0. The first-order chi connectivity index (χ1) is 14.9. The summed E-state index contributed by atoms with van der Waals surface area (Å²) >= 11 is 0. The van der Waals surface area contributed by atoms with Gasteiger partial charge < -0.3 is 18.9 Å². The number of nitrogens with zero attached hydrogens (tertiary/aromatic N) is 1. The summed E-state index contributed by atoms with van der Waals surface area (Å²) in [5.41, 5.74) is -0.0124. The summed E-state index contributed by atoms with van der Waals surface area (Å²) in [5, 5.41) is 0. The molecule has 2 unspecified atom stereocenters. The first kappa shape index (κ1) is 23.6. The van der Waals surface area contributed by atoms with Crippen LogP contribution in [0.15, 0.2) is 30.0 Å². The second-order valence-electron chi connectivity index (χ2n) is 10.5. The topological polar surface area (TPSA) is 66.5 Å². The van der Waals surface area contributed by atoms with Crippen molar-refractivity contribution >= 4 is 7.82 Å². The second kappa shape index (κ2) is 8.05. The van der Waals surface area contributed by atoms with E-state index in [4.69, 9.17) is 23.0 Å². The molecule has 0 N–H and O–H groups in total. The zero-order valence-corrected chi connectivity index (χ0v) is 21.2. The molecule has 0 amide bonds. The van der Waals surface area contributed by atoms with Gasteiger partial charge in [-0.2, -0.15) is 0 Å². The number of ether oxygens (including phenoxy) is 2. The minimum atomic E-state index is -3.72. The monoisotopic (exact) mass is 465 g/mol. The van der Waals surface area contributed by atoms with Gasteiger partial charge in [-0.15, -0.1) is 0 Å². The van der Waals surface area contributed by atoms with E-state index in [2.05, 4.69) is 30.2 Å². The smallest absolute Gasteiger partial charge is 0.493 e. The highest BCUT2D eigenvalue weighted by molar-refractivity contribution is 7.48. The van der Waals surface area contributed by atoms with Gasteiger partial charge in [0.15, 0.2) is 11.5 Å². The quantitative estimate of drug-likeness (QED) is 0.536. The Morgan fingerprint density at radius 1 is 1.06 bits per heavy atom. The molecule has 2 heterocycles. The average molecular weight is 466 g/mol. The van der Waals surface area contributed by atoms with E-state index in [-0.39, 0.29) is 11.5 Å². The Kier molecular flexibility index (Phi) is 5.94. The molecule has 2 saturated heterocycles. The van der Waals surface area contributed by atoms with E-state index >= 15 is 0 Å². The molecule has 1 aromatic rings. The number of likely N-dealkylation sites (tertiary alicyclic amines) is 1. The molecule has 0 bridgehead atoms. The molecule has 32 heavy (non-hydrogen) atoms. The lowest BCUT2D eigenvalue weighted by atomic mass is 9.68. The third-order valence-corrected chi connectivity index (χ3v) is 8.82. The molecule has 8 heteroatoms. The van der Waals surface area contributed by atoms with Crippen LogP contribution in [0.2, 0.25) is 0 Å². The van der Waals surface area contributed by atoms with E-state index in [0.29, 0.717) is 18.6 Å². The molecule has 4 rings (SSSR count). The lowest BCUT2D eigenvalue weighted by Gasteiger charge is -2.44. The van der Waals surface area contributed by atoms with Crippen molar-refractivity contribution in [2.45, 2.75) is 76.0 Å². The molecule has 1 aliphatic carbocycles. The molecule has 178 valence electrons. The highest BCUT2D eigenvalue weighted by atomic mass is 31.2. The van der Waals surface area contributed by atoms with Crippen LogP contribution in [0.5, 0.6) is 11.5 Å². The molecular weight excluding hydrogens is 429 g/mol. The Bertz CT molecular complexity index is 938. The van der Waals surface area contributed by atoms with Gasteiger partial charge in [-0.05, 0) is 77.9 Å². The third kappa shape index (κ3) is 4.33. The number of fused-ring (bicyclic) bond motifs is 1. The summed E-state index contributed by atoms with van der Waals surface area (Å²) < 4.78 is 42.1. The maximum Gasteiger partial charge on any atom is 0.530 e. The van der Waals surface area contributed by atoms with Gasteiger partial charge in [0.2, 0.25) is 0 Å². The number of phosphoric ester groups is 1. The summed E-state index contributed by atoms with van der Waals surface area (Å²) in [5.74, 6) is 2.13. The molecule has 2 atom stereocenters. The number of phosphoric acid groups is 1. The molecule has 0 spiro atoms. The molecule has 2 aliphatic heterocycles. The van der Waals surface area contributed by atoms with Crippen molar-refractivity contribution in [2.75, 3.05) is 27.8 Å². The molecule has 7 nitrogen and oxygen atoms in total. The minimum absolute atomic E-state index is 0.0670. The number of benzene rings is 1. The van der Waals surface area contributed by atoms with Crippen molar-refractivity contribution in [3.63, 3.8) is 0 Å². The number of hydrogen-bond acceptors (Lipinski definition) is 7. The number of methoxy groups -OCH3 is 2. The SMILES string of the molecule is COc1ccc(C23CC=C(OP4(=O)OC(C)(C)CC(C)(C)O4)CC2N(C)CC3)cc1OC. The normalized spacial score (nSPS) is 30.8. The molecule has 1 aromatic carbocycles. The predicted octanol–water partition coefficient (Wildman–Crippen LogP) is 5.44. The molecule has 0 aromatic heterocycles. The standard InChI is InChI=1S/C24H36NO6P/c1-22(2)16-23(3,4)31-32(26,30-22)29-18-10-11-24(12-13-25(5)21(24)15-18)17-8-9-19(27-6)20(14-17)28-7/h8-10,14,21H,11-13,15-16H2,1-7H3. The molecule has 2 fully saturated rings. The van der Waals surface area contributed by atoms with Crippen LogP contribution in [-0.4, -0.2) is 50.0 Å². The maximum atomic E-state index is 13.5. The van der Waals surface area contributed by atoms with Crippen molar-refractivity contribution in [2.24, 2.45) is 0 Å². The van der Waals surface area contributed by atoms with Gasteiger partial charge in [-0.25, -0.2) is 4.57 Å². The second-order valence-corrected chi connectivity index (χ2v) is 11.9. The van der Waals surface area contributed by atoms with E-state index in [1.165, 1.54) is 5.56 Å². The first-order valence-corrected chi connectivity index (χ1v) is 12.7.